The van der Waals surface area contributed by atoms with E-state index in [1.165, 1.54) is 29.2 Å². The Morgan fingerprint density at radius 3 is 2.96 bits per heavy atom. The van der Waals surface area contributed by atoms with Gasteiger partial charge in [0.2, 0.25) is 11.0 Å². The summed E-state index contributed by atoms with van der Waals surface area (Å²) in [5.41, 5.74) is 0.774. The van der Waals surface area contributed by atoms with Gasteiger partial charge in [-0.3, -0.25) is 14.9 Å². The molecular weight excluding hydrogens is 350 g/mol. The van der Waals surface area contributed by atoms with E-state index in [9.17, 15) is 14.9 Å². The summed E-state index contributed by atoms with van der Waals surface area (Å²) in [7, 11) is 0. The summed E-state index contributed by atoms with van der Waals surface area (Å²) in [6.45, 7) is 1.72. The Morgan fingerprint density at radius 2 is 2.25 bits per heavy atom. The Bertz CT molecular complexity index is 776. The van der Waals surface area contributed by atoms with E-state index in [1.807, 2.05) is 0 Å². The lowest BCUT2D eigenvalue weighted by Crippen LogP contribution is -2.16. The van der Waals surface area contributed by atoms with Crippen molar-refractivity contribution in [3.63, 3.8) is 0 Å². The predicted octanol–water partition coefficient (Wildman–Crippen LogP) is 3.06. The number of carbonyl (C=O) groups is 1. The number of para-hydroxylation sites is 1. The van der Waals surface area contributed by atoms with Crippen molar-refractivity contribution in [1.29, 1.82) is 0 Å². The minimum atomic E-state index is -0.504. The first kappa shape index (κ1) is 16.7. The van der Waals surface area contributed by atoms with Crippen molar-refractivity contribution in [3.05, 3.63) is 33.9 Å². The zero-order chi connectivity index (χ0) is 17.1. The number of rotatable bonds is 7. The molecule has 10 heteroatoms. The number of hydrogen-bond acceptors (Lipinski definition) is 8. The monoisotopic (exact) mass is 365 g/mol. The van der Waals surface area contributed by atoms with Gasteiger partial charge in [-0.05, 0) is 25.3 Å². The molecule has 8 nitrogen and oxygen atoms in total. The third-order valence-corrected chi connectivity index (χ3v) is 5.34. The van der Waals surface area contributed by atoms with Gasteiger partial charge in [0.15, 0.2) is 4.34 Å². The van der Waals surface area contributed by atoms with E-state index in [1.54, 1.807) is 19.1 Å². The highest BCUT2D eigenvalue weighted by atomic mass is 32.2. The minimum absolute atomic E-state index is 0.111. The van der Waals surface area contributed by atoms with Crippen LogP contribution in [0, 0.1) is 17.0 Å². The number of nitro benzene ring substituents is 1. The van der Waals surface area contributed by atoms with Crippen molar-refractivity contribution in [1.82, 2.24) is 10.2 Å². The van der Waals surface area contributed by atoms with Gasteiger partial charge in [-0.1, -0.05) is 35.2 Å². The Hall–Kier alpha value is -2.20. The van der Waals surface area contributed by atoms with E-state index in [4.69, 9.17) is 0 Å². The highest BCUT2D eigenvalue weighted by Crippen LogP contribution is 2.31. The molecule has 24 heavy (non-hydrogen) atoms. The van der Waals surface area contributed by atoms with Crippen LogP contribution in [0.4, 0.5) is 16.5 Å². The number of anilines is 2. The molecule has 1 saturated carbocycles. The third kappa shape index (κ3) is 4.20. The number of benzene rings is 1. The summed E-state index contributed by atoms with van der Waals surface area (Å²) < 4.78 is 0.688. The molecule has 0 radical (unpaired) electrons. The molecule has 126 valence electrons. The van der Waals surface area contributed by atoms with Crippen LogP contribution in [0.1, 0.15) is 18.4 Å². The molecule has 0 unspecified atom stereocenters. The average molecular weight is 365 g/mol. The van der Waals surface area contributed by atoms with Crippen molar-refractivity contribution in [2.75, 3.05) is 16.4 Å². The molecule has 1 aromatic heterocycles. The maximum absolute atomic E-state index is 12.1. The van der Waals surface area contributed by atoms with Gasteiger partial charge in [0.05, 0.1) is 10.7 Å². The number of aromatic nitrogens is 2. The van der Waals surface area contributed by atoms with Crippen LogP contribution in [0.25, 0.3) is 0 Å². The van der Waals surface area contributed by atoms with Crippen LogP contribution in [-0.4, -0.2) is 32.8 Å². The van der Waals surface area contributed by atoms with E-state index >= 15 is 0 Å². The Kier molecular flexibility index (Phi) is 4.95. The highest BCUT2D eigenvalue weighted by molar-refractivity contribution is 8.01. The van der Waals surface area contributed by atoms with Crippen molar-refractivity contribution in [3.8, 4) is 0 Å². The molecule has 1 fully saturated rings. The number of nitrogens with one attached hydrogen (secondary N) is 2. The Morgan fingerprint density at radius 1 is 1.46 bits per heavy atom. The summed E-state index contributed by atoms with van der Waals surface area (Å²) in [6, 6.07) is 5.18. The third-order valence-electron chi connectivity index (χ3n) is 3.35. The quantitative estimate of drug-likeness (QED) is 0.441. The zero-order valence-corrected chi connectivity index (χ0v) is 14.4. The second-order valence-electron chi connectivity index (χ2n) is 5.35. The van der Waals surface area contributed by atoms with Gasteiger partial charge in [-0.2, -0.15) is 0 Å². The second kappa shape index (κ2) is 7.14. The fourth-order valence-electron chi connectivity index (χ4n) is 2.00. The lowest BCUT2D eigenvalue weighted by Gasteiger charge is -2.08. The van der Waals surface area contributed by atoms with Crippen molar-refractivity contribution in [2.24, 2.45) is 0 Å². The van der Waals surface area contributed by atoms with Gasteiger partial charge in [0.25, 0.3) is 5.69 Å². The lowest BCUT2D eigenvalue weighted by molar-refractivity contribution is -0.384. The molecule has 0 bridgehead atoms. The van der Waals surface area contributed by atoms with Crippen molar-refractivity contribution >= 4 is 45.5 Å². The van der Waals surface area contributed by atoms with Gasteiger partial charge in [-0.15, -0.1) is 10.2 Å². The maximum Gasteiger partial charge on any atom is 0.293 e. The van der Waals surface area contributed by atoms with Gasteiger partial charge < -0.3 is 10.6 Å². The second-order valence-corrected chi connectivity index (χ2v) is 7.55. The molecule has 0 saturated heterocycles. The van der Waals surface area contributed by atoms with Crippen LogP contribution in [0.5, 0.6) is 0 Å². The smallest absolute Gasteiger partial charge is 0.293 e. The lowest BCUT2D eigenvalue weighted by atomic mass is 10.1. The number of carbonyl (C=O) groups excluding carboxylic acids is 1. The molecule has 0 spiro atoms. The van der Waals surface area contributed by atoms with E-state index in [0.717, 1.165) is 18.0 Å². The SMILES string of the molecule is Cc1cccc([N+](=O)[O-])c1NC(=O)CSc1nnc(NC2CC2)s1. The van der Waals surface area contributed by atoms with Gasteiger partial charge in [0.1, 0.15) is 5.69 Å². The molecule has 2 aromatic rings. The molecule has 1 aliphatic rings. The van der Waals surface area contributed by atoms with E-state index < -0.39 is 4.92 Å². The molecule has 2 N–H and O–H groups in total. The summed E-state index contributed by atoms with van der Waals surface area (Å²) in [5, 5.41) is 25.7. The standard InChI is InChI=1S/C14H15N5O3S2/c1-8-3-2-4-10(19(21)22)12(8)16-11(20)7-23-14-18-17-13(24-14)15-9-5-6-9/h2-4,9H,5-7H2,1H3,(H,15,17)(H,16,20). The van der Waals surface area contributed by atoms with Gasteiger partial charge >= 0.3 is 0 Å². The van der Waals surface area contributed by atoms with E-state index in [0.29, 0.717) is 15.9 Å². The van der Waals surface area contributed by atoms with Crippen LogP contribution in [0.3, 0.4) is 0 Å². The molecule has 0 aliphatic heterocycles. The number of thioether (sulfide) groups is 1. The largest absolute Gasteiger partial charge is 0.357 e. The number of aryl methyl sites for hydroxylation is 1. The number of amides is 1. The number of nitrogens with zero attached hydrogens (tertiary/aromatic N) is 3. The van der Waals surface area contributed by atoms with Crippen LogP contribution in [0.15, 0.2) is 22.5 Å². The molecule has 3 rings (SSSR count). The average Bonchev–Trinajstić information content (AvgIpc) is 3.24. The predicted molar refractivity (Wildman–Crippen MR) is 93.7 cm³/mol. The molecule has 1 aliphatic carbocycles. The van der Waals surface area contributed by atoms with Crippen LogP contribution in [-0.2, 0) is 4.79 Å². The first-order valence-electron chi connectivity index (χ1n) is 7.29. The van der Waals surface area contributed by atoms with Crippen LogP contribution in [0.2, 0.25) is 0 Å². The Labute approximate surface area is 146 Å². The minimum Gasteiger partial charge on any atom is -0.357 e. The van der Waals surface area contributed by atoms with Crippen LogP contribution < -0.4 is 10.6 Å². The van der Waals surface area contributed by atoms with Gasteiger partial charge in [0, 0.05) is 12.1 Å². The summed E-state index contributed by atoms with van der Waals surface area (Å²) in [6.07, 6.45) is 2.30. The summed E-state index contributed by atoms with van der Waals surface area (Å²) >= 11 is 2.66. The van der Waals surface area contributed by atoms with E-state index in [-0.39, 0.29) is 23.0 Å². The summed E-state index contributed by atoms with van der Waals surface area (Å²) in [5.74, 6) is -0.201. The summed E-state index contributed by atoms with van der Waals surface area (Å²) in [4.78, 5) is 22.6. The normalized spacial score (nSPS) is 13.5. The fourth-order valence-corrected chi connectivity index (χ4v) is 3.63. The van der Waals surface area contributed by atoms with Crippen molar-refractivity contribution in [2.45, 2.75) is 30.1 Å². The van der Waals surface area contributed by atoms with Crippen molar-refractivity contribution < 1.29 is 9.72 Å². The molecule has 0 atom stereocenters. The molecule has 1 amide bonds. The number of nitro groups is 1. The highest BCUT2D eigenvalue weighted by Gasteiger charge is 2.22. The van der Waals surface area contributed by atoms with Gasteiger partial charge in [-0.25, -0.2) is 0 Å². The maximum atomic E-state index is 12.1. The topological polar surface area (TPSA) is 110 Å². The van der Waals surface area contributed by atoms with Crippen LogP contribution >= 0.6 is 23.1 Å². The fraction of sp³-hybridized carbons (Fsp3) is 0.357. The molecular formula is C14H15N5O3S2. The molecule has 1 aromatic carbocycles. The zero-order valence-electron chi connectivity index (χ0n) is 12.8. The first-order chi connectivity index (χ1) is 11.5. The number of hydrogen-bond donors (Lipinski definition) is 2. The van der Waals surface area contributed by atoms with E-state index in [2.05, 4.69) is 20.8 Å². The Balaban J connectivity index is 1.58. The molecule has 1 heterocycles. The first-order valence-corrected chi connectivity index (χ1v) is 9.10.